The maximum Gasteiger partial charge on any atom is 0.170 e. The maximum atomic E-state index is 5.75. The zero-order chi connectivity index (χ0) is 19.3. The van der Waals surface area contributed by atoms with Crippen molar-refractivity contribution >= 4 is 17.3 Å². The molecule has 3 aromatic rings. The van der Waals surface area contributed by atoms with Crippen LogP contribution in [0, 0.1) is 13.8 Å². The van der Waals surface area contributed by atoms with Crippen LogP contribution < -0.4 is 5.32 Å². The lowest BCUT2D eigenvalue weighted by atomic mass is 9.96. The molecule has 2 atom stereocenters. The minimum absolute atomic E-state index is 0.0109. The largest absolute Gasteiger partial charge is 0.467 e. The summed E-state index contributed by atoms with van der Waals surface area (Å²) in [4.78, 5) is 6.87. The SMILES string of the molecule is Cc1cc(C2C(c3ccccn3)NC(=S)N2Cc2ccco2)c(C)n1C1CC1. The Morgan fingerprint density at radius 3 is 2.75 bits per heavy atom. The van der Waals surface area contributed by atoms with Crippen LogP contribution in [0.5, 0.6) is 0 Å². The molecule has 2 aliphatic rings. The first-order chi connectivity index (χ1) is 13.6. The van der Waals surface area contributed by atoms with E-state index in [0.29, 0.717) is 12.6 Å². The summed E-state index contributed by atoms with van der Waals surface area (Å²) < 4.78 is 8.12. The van der Waals surface area contributed by atoms with E-state index in [9.17, 15) is 0 Å². The van der Waals surface area contributed by atoms with Crippen LogP contribution in [-0.4, -0.2) is 19.6 Å². The van der Waals surface area contributed by atoms with Crippen molar-refractivity contribution in [2.75, 3.05) is 0 Å². The van der Waals surface area contributed by atoms with Crippen LogP contribution >= 0.6 is 12.2 Å². The summed E-state index contributed by atoms with van der Waals surface area (Å²) >= 11 is 5.75. The fraction of sp³-hybridized carbons (Fsp3) is 0.364. The lowest BCUT2D eigenvalue weighted by molar-refractivity contribution is 0.286. The molecule has 6 heteroatoms. The zero-order valence-electron chi connectivity index (χ0n) is 16.1. The van der Waals surface area contributed by atoms with Crippen LogP contribution in [0.3, 0.4) is 0 Å². The second-order valence-corrected chi connectivity index (χ2v) is 8.15. The first kappa shape index (κ1) is 17.5. The van der Waals surface area contributed by atoms with Gasteiger partial charge >= 0.3 is 0 Å². The Morgan fingerprint density at radius 1 is 1.21 bits per heavy atom. The van der Waals surface area contributed by atoms with Gasteiger partial charge in [-0.2, -0.15) is 0 Å². The maximum absolute atomic E-state index is 5.75. The van der Waals surface area contributed by atoms with E-state index < -0.39 is 0 Å². The number of nitrogens with one attached hydrogen (secondary N) is 1. The van der Waals surface area contributed by atoms with Crippen molar-refractivity contribution in [3.05, 3.63) is 77.3 Å². The minimum atomic E-state index is 0.0109. The fourth-order valence-electron chi connectivity index (χ4n) is 4.48. The van der Waals surface area contributed by atoms with Crippen molar-refractivity contribution < 1.29 is 4.42 Å². The van der Waals surface area contributed by atoms with Crippen LogP contribution in [0.25, 0.3) is 0 Å². The predicted molar refractivity (Wildman–Crippen MR) is 112 cm³/mol. The molecular formula is C22H24N4OS. The molecular weight excluding hydrogens is 368 g/mol. The number of nitrogens with zero attached hydrogens (tertiary/aromatic N) is 3. The number of hydrogen-bond donors (Lipinski definition) is 1. The van der Waals surface area contributed by atoms with E-state index >= 15 is 0 Å². The number of aromatic nitrogens is 2. The van der Waals surface area contributed by atoms with Gasteiger partial charge in [0.2, 0.25) is 0 Å². The molecule has 5 rings (SSSR count). The second-order valence-electron chi connectivity index (χ2n) is 7.76. The summed E-state index contributed by atoms with van der Waals surface area (Å²) in [5.41, 5.74) is 4.99. The van der Waals surface area contributed by atoms with Gasteiger partial charge in [-0.3, -0.25) is 4.98 Å². The van der Waals surface area contributed by atoms with Gasteiger partial charge in [-0.25, -0.2) is 0 Å². The summed E-state index contributed by atoms with van der Waals surface area (Å²) in [6.45, 7) is 5.09. The van der Waals surface area contributed by atoms with Crippen molar-refractivity contribution in [3.8, 4) is 0 Å². The van der Waals surface area contributed by atoms with E-state index in [-0.39, 0.29) is 12.1 Å². The summed E-state index contributed by atoms with van der Waals surface area (Å²) in [7, 11) is 0. The summed E-state index contributed by atoms with van der Waals surface area (Å²) in [6.07, 6.45) is 6.11. The van der Waals surface area contributed by atoms with Crippen LogP contribution in [0.2, 0.25) is 0 Å². The van der Waals surface area contributed by atoms with Crippen molar-refractivity contribution in [2.45, 2.75) is 51.4 Å². The third-order valence-corrected chi connectivity index (χ3v) is 6.21. The second kappa shape index (κ2) is 6.78. The van der Waals surface area contributed by atoms with E-state index in [1.54, 1.807) is 6.26 Å². The quantitative estimate of drug-likeness (QED) is 0.643. The average molecular weight is 393 g/mol. The van der Waals surface area contributed by atoms with Gasteiger partial charge in [0.25, 0.3) is 0 Å². The normalized spacial score (nSPS) is 21.9. The van der Waals surface area contributed by atoms with Gasteiger partial charge < -0.3 is 19.2 Å². The number of rotatable bonds is 5. The third-order valence-electron chi connectivity index (χ3n) is 5.86. The molecule has 0 radical (unpaired) electrons. The molecule has 0 aromatic carbocycles. The Hall–Kier alpha value is -2.60. The average Bonchev–Trinajstić information content (AvgIpc) is 3.16. The molecule has 2 fully saturated rings. The summed E-state index contributed by atoms with van der Waals surface area (Å²) in [6, 6.07) is 13.1. The molecule has 1 N–H and O–H groups in total. The van der Waals surface area contributed by atoms with Crippen LogP contribution in [0.1, 0.15) is 59.4 Å². The highest BCUT2D eigenvalue weighted by atomic mass is 32.1. The van der Waals surface area contributed by atoms with Crippen LogP contribution in [0.4, 0.5) is 0 Å². The summed E-state index contributed by atoms with van der Waals surface area (Å²) in [5, 5.41) is 4.27. The number of pyridine rings is 1. The van der Waals surface area contributed by atoms with Gasteiger partial charge in [0.05, 0.1) is 30.6 Å². The lowest BCUT2D eigenvalue weighted by Crippen LogP contribution is -2.29. The van der Waals surface area contributed by atoms with Gasteiger partial charge in [0.15, 0.2) is 5.11 Å². The molecule has 144 valence electrons. The molecule has 28 heavy (non-hydrogen) atoms. The fourth-order valence-corrected chi connectivity index (χ4v) is 4.79. The standard InChI is InChI=1S/C22H24N4OS/c1-14-12-18(15(2)26(14)16-8-9-16)21-20(19-7-3-4-10-23-19)24-22(28)25(21)13-17-6-5-11-27-17/h3-7,10-12,16,20-21H,8-9,13H2,1-2H3,(H,24,28). The highest BCUT2D eigenvalue weighted by molar-refractivity contribution is 7.80. The van der Waals surface area contributed by atoms with E-state index in [0.717, 1.165) is 16.6 Å². The smallest absolute Gasteiger partial charge is 0.170 e. The summed E-state index contributed by atoms with van der Waals surface area (Å²) in [5.74, 6) is 0.909. The number of thiocarbonyl (C=S) groups is 1. The van der Waals surface area contributed by atoms with Crippen molar-refractivity contribution in [1.29, 1.82) is 0 Å². The molecule has 3 aromatic heterocycles. The Balaban J connectivity index is 1.59. The Morgan fingerprint density at radius 2 is 2.07 bits per heavy atom. The number of hydrogen-bond acceptors (Lipinski definition) is 3. The predicted octanol–water partition coefficient (Wildman–Crippen LogP) is 4.60. The first-order valence-electron chi connectivity index (χ1n) is 9.82. The molecule has 2 unspecified atom stereocenters. The van der Waals surface area contributed by atoms with Gasteiger partial charge in [-0.1, -0.05) is 6.07 Å². The van der Waals surface area contributed by atoms with Crippen molar-refractivity contribution in [1.82, 2.24) is 19.8 Å². The molecule has 0 amide bonds. The van der Waals surface area contributed by atoms with Gasteiger partial charge in [0, 0.05) is 23.6 Å². The van der Waals surface area contributed by atoms with Crippen molar-refractivity contribution in [2.24, 2.45) is 0 Å². The molecule has 1 saturated heterocycles. The topological polar surface area (TPSA) is 46.2 Å². The zero-order valence-corrected chi connectivity index (χ0v) is 16.9. The Kier molecular flexibility index (Phi) is 4.23. The van der Waals surface area contributed by atoms with Crippen LogP contribution in [-0.2, 0) is 6.54 Å². The molecule has 1 saturated carbocycles. The minimum Gasteiger partial charge on any atom is -0.467 e. The van der Waals surface area contributed by atoms with Gasteiger partial charge in [-0.05, 0) is 74.8 Å². The molecule has 5 nitrogen and oxygen atoms in total. The Bertz CT molecular complexity index is 991. The van der Waals surface area contributed by atoms with Crippen LogP contribution in [0.15, 0.2) is 53.3 Å². The molecule has 1 aliphatic carbocycles. The molecule has 0 spiro atoms. The van der Waals surface area contributed by atoms with Gasteiger partial charge in [-0.15, -0.1) is 0 Å². The monoisotopic (exact) mass is 392 g/mol. The third kappa shape index (κ3) is 2.92. The highest BCUT2D eigenvalue weighted by Gasteiger charge is 2.42. The Labute approximate surface area is 170 Å². The van der Waals surface area contributed by atoms with E-state index in [1.165, 1.54) is 29.8 Å². The molecule has 1 aliphatic heterocycles. The highest BCUT2D eigenvalue weighted by Crippen LogP contribution is 2.45. The van der Waals surface area contributed by atoms with Gasteiger partial charge in [0.1, 0.15) is 5.76 Å². The van der Waals surface area contributed by atoms with E-state index in [2.05, 4.69) is 45.7 Å². The van der Waals surface area contributed by atoms with E-state index in [1.807, 2.05) is 30.5 Å². The lowest BCUT2D eigenvalue weighted by Gasteiger charge is -2.27. The van der Waals surface area contributed by atoms with Crippen molar-refractivity contribution in [3.63, 3.8) is 0 Å². The number of aryl methyl sites for hydroxylation is 1. The van der Waals surface area contributed by atoms with E-state index in [4.69, 9.17) is 16.6 Å². The molecule has 4 heterocycles. The number of furan rings is 1. The first-order valence-corrected chi connectivity index (χ1v) is 10.2. The molecule has 0 bridgehead atoms.